The van der Waals surface area contributed by atoms with E-state index in [1.165, 1.54) is 6.08 Å². The van der Waals surface area contributed by atoms with Crippen molar-refractivity contribution < 1.29 is 8.78 Å². The first-order chi connectivity index (χ1) is 17.7. The minimum atomic E-state index is -0.656. The molecule has 0 saturated carbocycles. The van der Waals surface area contributed by atoms with Crippen LogP contribution < -0.4 is 15.5 Å². The van der Waals surface area contributed by atoms with Gasteiger partial charge in [-0.05, 0) is 63.9 Å². The lowest BCUT2D eigenvalue weighted by Crippen LogP contribution is -2.38. The fraction of sp³-hybridized carbons (Fsp3) is 0.310. The highest BCUT2D eigenvalue weighted by molar-refractivity contribution is 6.02. The maximum Gasteiger partial charge on any atom is 0.161 e. The van der Waals surface area contributed by atoms with Gasteiger partial charge in [0, 0.05) is 37.4 Å². The van der Waals surface area contributed by atoms with Crippen molar-refractivity contribution in [2.45, 2.75) is 26.3 Å². The highest BCUT2D eigenvalue weighted by Gasteiger charge is 2.30. The lowest BCUT2D eigenvalue weighted by molar-refractivity contribution is 0.337. The van der Waals surface area contributed by atoms with Gasteiger partial charge in [0.05, 0.1) is 22.5 Å². The first-order valence-corrected chi connectivity index (χ1v) is 12.5. The van der Waals surface area contributed by atoms with Gasteiger partial charge in [-0.25, -0.2) is 8.78 Å². The van der Waals surface area contributed by atoms with Crippen LogP contribution in [0.4, 0.5) is 14.5 Å². The Hall–Kier alpha value is -3.78. The standard InChI is InChI=1S/C29H36F2N6/c1-7-33-22-12-9-8-11-21(15-18(22)2)26-28(37-14-10-13-36(6)17-20(37)4)24-25(31)27(35-29(24)34-26)23(32-5)16-19(3)30/h7-9,11-12,15-16,20,32-35H,1,3,10,13-14,17H2,2,4-6H3/b9-8+,11-8?,12-9?,18-15?,21-11+,21-15?,22-12?,22-18?,23-16+. The number of aromatic nitrogens is 2. The minimum Gasteiger partial charge on any atom is -0.386 e. The molecule has 1 atom stereocenters. The molecule has 2 aromatic rings. The van der Waals surface area contributed by atoms with E-state index in [-0.39, 0.29) is 11.7 Å². The van der Waals surface area contributed by atoms with E-state index in [4.69, 9.17) is 0 Å². The van der Waals surface area contributed by atoms with Gasteiger partial charge < -0.3 is 30.4 Å². The van der Waals surface area contributed by atoms with E-state index in [1.54, 1.807) is 13.2 Å². The number of nitrogens with zero attached hydrogens (tertiary/aromatic N) is 2. The van der Waals surface area contributed by atoms with Gasteiger partial charge in [-0.2, -0.15) is 0 Å². The van der Waals surface area contributed by atoms with E-state index < -0.39 is 11.6 Å². The molecule has 3 heterocycles. The Labute approximate surface area is 217 Å². The van der Waals surface area contributed by atoms with Gasteiger partial charge in [0.25, 0.3) is 0 Å². The van der Waals surface area contributed by atoms with Crippen LogP contribution in [-0.2, 0) is 0 Å². The molecule has 1 unspecified atom stereocenters. The molecule has 2 aromatic heterocycles. The van der Waals surface area contributed by atoms with Crippen LogP contribution in [-0.4, -0.2) is 54.6 Å². The Balaban J connectivity index is 1.95. The first kappa shape index (κ1) is 26.3. The zero-order valence-corrected chi connectivity index (χ0v) is 22.0. The highest BCUT2D eigenvalue weighted by Crippen LogP contribution is 2.41. The SMILES string of the molecule is C=CNC1=C/C=C/C=C(/c2[nH]c3[nH]c(/C(=C\C(=C)F)NC)c(F)c3c2N2CCCN(C)CC2C)C=C1C. The topological polar surface area (TPSA) is 62.1 Å². The lowest BCUT2D eigenvalue weighted by atomic mass is 10.0. The molecule has 8 heteroatoms. The molecule has 4 rings (SSSR count). The third-order valence-electron chi connectivity index (χ3n) is 6.83. The quantitative estimate of drug-likeness (QED) is 0.363. The van der Waals surface area contributed by atoms with Gasteiger partial charge in [0.1, 0.15) is 17.2 Å². The molecule has 37 heavy (non-hydrogen) atoms. The Morgan fingerprint density at radius 2 is 1.97 bits per heavy atom. The molecule has 0 amide bonds. The van der Waals surface area contributed by atoms with E-state index in [0.717, 1.165) is 54.3 Å². The number of nitrogens with one attached hydrogen (secondary N) is 4. The van der Waals surface area contributed by atoms with Gasteiger partial charge in [-0.15, -0.1) is 0 Å². The van der Waals surface area contributed by atoms with Crippen LogP contribution in [0.3, 0.4) is 0 Å². The summed E-state index contributed by atoms with van der Waals surface area (Å²) in [5.74, 6) is -1.09. The number of hydrogen-bond donors (Lipinski definition) is 4. The van der Waals surface area contributed by atoms with Crippen molar-refractivity contribution in [2.75, 3.05) is 38.6 Å². The Morgan fingerprint density at radius 1 is 1.22 bits per heavy atom. The molecule has 0 spiro atoms. The normalized spacial score (nSPS) is 21.8. The number of allylic oxidation sites excluding steroid dienone is 9. The average molecular weight is 507 g/mol. The van der Waals surface area contributed by atoms with Crippen molar-refractivity contribution in [3.8, 4) is 0 Å². The largest absolute Gasteiger partial charge is 0.386 e. The Bertz CT molecular complexity index is 1350. The summed E-state index contributed by atoms with van der Waals surface area (Å²) in [7, 11) is 3.75. The molecule has 1 aliphatic carbocycles. The zero-order chi connectivity index (χ0) is 26.7. The van der Waals surface area contributed by atoms with E-state index in [9.17, 15) is 4.39 Å². The molecular weight excluding hydrogens is 470 g/mol. The van der Waals surface area contributed by atoms with Crippen molar-refractivity contribution in [3.63, 3.8) is 0 Å². The predicted molar refractivity (Wildman–Crippen MR) is 151 cm³/mol. The monoisotopic (exact) mass is 506 g/mol. The van der Waals surface area contributed by atoms with Crippen molar-refractivity contribution >= 4 is 28.0 Å². The number of aromatic amines is 2. The number of rotatable bonds is 7. The molecule has 1 fully saturated rings. The minimum absolute atomic E-state index is 0.153. The van der Waals surface area contributed by atoms with Crippen LogP contribution in [0.25, 0.3) is 22.3 Å². The van der Waals surface area contributed by atoms with Gasteiger partial charge in [0.15, 0.2) is 5.82 Å². The highest BCUT2D eigenvalue weighted by atomic mass is 19.1. The molecule has 0 radical (unpaired) electrons. The van der Waals surface area contributed by atoms with E-state index in [1.807, 2.05) is 31.2 Å². The third kappa shape index (κ3) is 5.34. The second kappa shape index (κ2) is 11.1. The smallest absolute Gasteiger partial charge is 0.161 e. The van der Waals surface area contributed by atoms with Crippen LogP contribution in [0.1, 0.15) is 31.7 Å². The maximum absolute atomic E-state index is 16.2. The van der Waals surface area contributed by atoms with E-state index in [2.05, 4.69) is 63.6 Å². The summed E-state index contributed by atoms with van der Waals surface area (Å²) in [6.07, 6.45) is 13.8. The Kier molecular flexibility index (Phi) is 7.88. The van der Waals surface area contributed by atoms with Crippen molar-refractivity contribution in [1.82, 2.24) is 25.5 Å². The van der Waals surface area contributed by atoms with Crippen molar-refractivity contribution in [3.05, 3.63) is 90.1 Å². The van der Waals surface area contributed by atoms with Crippen molar-refractivity contribution in [2.24, 2.45) is 0 Å². The van der Waals surface area contributed by atoms with E-state index in [0.29, 0.717) is 16.7 Å². The van der Waals surface area contributed by atoms with Crippen LogP contribution in [0.2, 0.25) is 0 Å². The number of fused-ring (bicyclic) bond motifs is 1. The molecule has 1 saturated heterocycles. The molecule has 2 aliphatic rings. The number of H-pyrrole nitrogens is 2. The summed E-state index contributed by atoms with van der Waals surface area (Å²) >= 11 is 0. The van der Waals surface area contributed by atoms with E-state index >= 15 is 4.39 Å². The molecular formula is C29H36F2N6. The number of likely N-dealkylation sites (N-methyl/N-ethyl adjacent to an activating group) is 1. The maximum atomic E-state index is 16.2. The molecule has 1 aliphatic heterocycles. The summed E-state index contributed by atoms with van der Waals surface area (Å²) < 4.78 is 29.8. The lowest BCUT2D eigenvalue weighted by Gasteiger charge is -2.31. The number of anilines is 1. The summed E-state index contributed by atoms with van der Waals surface area (Å²) in [5, 5.41) is 6.53. The molecule has 4 N–H and O–H groups in total. The number of hydrogen-bond acceptors (Lipinski definition) is 4. The van der Waals surface area contributed by atoms with Crippen LogP contribution >= 0.6 is 0 Å². The first-order valence-electron chi connectivity index (χ1n) is 12.5. The fourth-order valence-electron chi connectivity index (χ4n) is 5.14. The number of halogens is 2. The van der Waals surface area contributed by atoms with Gasteiger partial charge in [-0.1, -0.05) is 31.4 Å². The van der Waals surface area contributed by atoms with Gasteiger partial charge >= 0.3 is 0 Å². The summed E-state index contributed by atoms with van der Waals surface area (Å²) in [6.45, 7) is 13.9. The second-order valence-corrected chi connectivity index (χ2v) is 9.59. The summed E-state index contributed by atoms with van der Waals surface area (Å²) in [4.78, 5) is 11.2. The predicted octanol–water partition coefficient (Wildman–Crippen LogP) is 5.73. The van der Waals surface area contributed by atoms with Crippen LogP contribution in [0, 0.1) is 5.82 Å². The summed E-state index contributed by atoms with van der Waals surface area (Å²) in [5.41, 5.74) is 5.54. The molecule has 0 bridgehead atoms. The van der Waals surface area contributed by atoms with Crippen molar-refractivity contribution in [1.29, 1.82) is 0 Å². The second-order valence-electron chi connectivity index (χ2n) is 9.59. The Morgan fingerprint density at radius 3 is 2.68 bits per heavy atom. The van der Waals surface area contributed by atoms with Crippen LogP contribution in [0.15, 0.2) is 72.9 Å². The van der Waals surface area contributed by atoms with Gasteiger partial charge in [0.2, 0.25) is 0 Å². The molecule has 6 nitrogen and oxygen atoms in total. The molecule has 0 aromatic carbocycles. The van der Waals surface area contributed by atoms with Gasteiger partial charge in [-0.3, -0.25) is 0 Å². The third-order valence-corrected chi connectivity index (χ3v) is 6.83. The zero-order valence-electron chi connectivity index (χ0n) is 22.0. The average Bonchev–Trinajstić information content (AvgIpc) is 3.30. The molecule has 196 valence electrons. The van der Waals surface area contributed by atoms with Crippen LogP contribution in [0.5, 0.6) is 0 Å². The fourth-order valence-corrected chi connectivity index (χ4v) is 5.14. The summed E-state index contributed by atoms with van der Waals surface area (Å²) in [6, 6.07) is 0.153.